The molecule has 86 valence electrons. The number of anilines is 1. The van der Waals surface area contributed by atoms with Crippen LogP contribution in [0, 0.1) is 0 Å². The van der Waals surface area contributed by atoms with E-state index in [9.17, 15) is 4.79 Å². The number of halogens is 1. The molecule has 0 aliphatic carbocycles. The quantitative estimate of drug-likeness (QED) is 0.720. The molecule has 0 radical (unpaired) electrons. The summed E-state index contributed by atoms with van der Waals surface area (Å²) >= 11 is 3.30. The normalized spacial score (nSPS) is 17.5. The van der Waals surface area contributed by atoms with Crippen LogP contribution < -0.4 is 4.90 Å². The van der Waals surface area contributed by atoms with Crippen LogP contribution in [0.3, 0.4) is 0 Å². The van der Waals surface area contributed by atoms with Crippen molar-refractivity contribution in [2.24, 2.45) is 0 Å². The Hall–Kier alpha value is -1.17. The summed E-state index contributed by atoms with van der Waals surface area (Å²) in [6, 6.07) is 1.83. The highest BCUT2D eigenvalue weighted by Gasteiger charge is 2.19. The summed E-state index contributed by atoms with van der Waals surface area (Å²) in [6.45, 7) is 2.04. The third kappa shape index (κ3) is 2.49. The highest BCUT2D eigenvalue weighted by molar-refractivity contribution is 9.10. The highest BCUT2D eigenvalue weighted by atomic mass is 79.9. The van der Waals surface area contributed by atoms with Crippen molar-refractivity contribution < 1.29 is 4.79 Å². The molecule has 2 rings (SSSR count). The van der Waals surface area contributed by atoms with Gasteiger partial charge in [-0.3, -0.25) is 4.79 Å². The van der Waals surface area contributed by atoms with Crippen LogP contribution in [0.5, 0.6) is 0 Å². The topological polar surface area (TPSA) is 49.3 Å². The molecule has 0 N–H and O–H groups in total. The van der Waals surface area contributed by atoms with Crippen LogP contribution in [-0.2, 0) is 4.79 Å². The van der Waals surface area contributed by atoms with Gasteiger partial charge in [0.05, 0.1) is 6.54 Å². The third-order valence-corrected chi connectivity index (χ3v) is 3.05. The van der Waals surface area contributed by atoms with Crippen molar-refractivity contribution in [3.05, 3.63) is 17.0 Å². The summed E-state index contributed by atoms with van der Waals surface area (Å²) in [5.74, 6) is 0.928. The molecular weight excluding hydrogens is 272 g/mol. The van der Waals surface area contributed by atoms with Gasteiger partial charge in [0.2, 0.25) is 5.91 Å². The van der Waals surface area contributed by atoms with Gasteiger partial charge in [-0.05, 0) is 22.4 Å². The van der Waals surface area contributed by atoms with Gasteiger partial charge < -0.3 is 9.80 Å². The molecule has 1 aromatic heterocycles. The molecule has 1 aliphatic heterocycles. The van der Waals surface area contributed by atoms with Gasteiger partial charge in [0.1, 0.15) is 16.7 Å². The van der Waals surface area contributed by atoms with E-state index in [1.165, 1.54) is 6.33 Å². The minimum atomic E-state index is 0.132. The number of aromatic nitrogens is 2. The van der Waals surface area contributed by atoms with Gasteiger partial charge in [0.15, 0.2) is 0 Å². The maximum absolute atomic E-state index is 11.7. The molecule has 0 bridgehead atoms. The third-order valence-electron chi connectivity index (χ3n) is 2.62. The number of hydrogen-bond donors (Lipinski definition) is 0. The van der Waals surface area contributed by atoms with E-state index >= 15 is 0 Å². The number of likely N-dealkylation sites (N-methyl/N-ethyl adjacent to an activating group) is 1. The van der Waals surface area contributed by atoms with Crippen LogP contribution in [0.25, 0.3) is 0 Å². The van der Waals surface area contributed by atoms with Crippen LogP contribution in [0.2, 0.25) is 0 Å². The molecule has 1 aromatic rings. The number of hydrogen-bond acceptors (Lipinski definition) is 4. The Morgan fingerprint density at radius 1 is 1.38 bits per heavy atom. The monoisotopic (exact) mass is 284 g/mol. The predicted molar refractivity (Wildman–Crippen MR) is 64.2 cm³/mol. The summed E-state index contributed by atoms with van der Waals surface area (Å²) in [5, 5.41) is 0. The first-order valence-electron chi connectivity index (χ1n) is 5.13. The fourth-order valence-electron chi connectivity index (χ4n) is 1.68. The van der Waals surface area contributed by atoms with Gasteiger partial charge in [-0.25, -0.2) is 9.97 Å². The Morgan fingerprint density at radius 2 is 2.19 bits per heavy atom. The van der Waals surface area contributed by atoms with E-state index in [4.69, 9.17) is 0 Å². The summed E-state index contributed by atoms with van der Waals surface area (Å²) in [5.41, 5.74) is 0. The molecule has 0 atom stereocenters. The zero-order valence-electron chi connectivity index (χ0n) is 9.06. The minimum Gasteiger partial charge on any atom is -0.347 e. The second-order valence-corrected chi connectivity index (χ2v) is 4.60. The number of carbonyl (C=O) groups is 1. The molecule has 1 fully saturated rings. The smallest absolute Gasteiger partial charge is 0.241 e. The first-order valence-corrected chi connectivity index (χ1v) is 5.92. The fraction of sp³-hybridized carbons (Fsp3) is 0.500. The van der Waals surface area contributed by atoms with E-state index in [0.29, 0.717) is 6.54 Å². The van der Waals surface area contributed by atoms with E-state index in [2.05, 4.69) is 25.9 Å². The van der Waals surface area contributed by atoms with E-state index in [1.54, 1.807) is 4.90 Å². The van der Waals surface area contributed by atoms with Crippen LogP contribution in [0.15, 0.2) is 17.0 Å². The zero-order chi connectivity index (χ0) is 11.5. The van der Waals surface area contributed by atoms with Gasteiger partial charge in [-0.1, -0.05) is 0 Å². The van der Waals surface area contributed by atoms with Crippen molar-refractivity contribution in [1.29, 1.82) is 0 Å². The second kappa shape index (κ2) is 4.78. The Morgan fingerprint density at radius 3 is 2.94 bits per heavy atom. The van der Waals surface area contributed by atoms with Crippen molar-refractivity contribution in [1.82, 2.24) is 14.9 Å². The number of amides is 1. The molecule has 5 nitrogen and oxygen atoms in total. The molecular formula is C10H13BrN4O. The van der Waals surface area contributed by atoms with Crippen molar-refractivity contribution in [2.75, 3.05) is 31.6 Å². The number of carbonyl (C=O) groups excluding carboxylic acids is 1. The summed E-state index contributed by atoms with van der Waals surface area (Å²) in [7, 11) is 1.84. The lowest BCUT2D eigenvalue weighted by molar-refractivity contribution is -0.127. The molecule has 1 saturated heterocycles. The molecule has 6 heteroatoms. The SMILES string of the molecule is CN1CCCN(c2cc(Br)ncn2)CC1=O. The lowest BCUT2D eigenvalue weighted by atomic mass is 10.4. The Bertz CT molecular complexity index is 398. The van der Waals surface area contributed by atoms with Crippen LogP contribution in [-0.4, -0.2) is 47.5 Å². The summed E-state index contributed by atoms with van der Waals surface area (Å²) < 4.78 is 0.738. The second-order valence-electron chi connectivity index (χ2n) is 3.79. The predicted octanol–water partition coefficient (Wildman–Crippen LogP) is 0.908. The molecule has 0 aromatic carbocycles. The minimum absolute atomic E-state index is 0.132. The first kappa shape index (κ1) is 11.3. The van der Waals surface area contributed by atoms with Crippen molar-refractivity contribution >= 4 is 27.7 Å². The Balaban J connectivity index is 2.18. The largest absolute Gasteiger partial charge is 0.347 e. The maximum atomic E-state index is 11.7. The van der Waals surface area contributed by atoms with Crippen LogP contribution in [0.4, 0.5) is 5.82 Å². The van der Waals surface area contributed by atoms with Crippen molar-refractivity contribution in [3.8, 4) is 0 Å². The Labute approximate surface area is 103 Å². The van der Waals surface area contributed by atoms with Gasteiger partial charge in [0.25, 0.3) is 0 Å². The lowest BCUT2D eigenvalue weighted by Gasteiger charge is -2.20. The van der Waals surface area contributed by atoms with Gasteiger partial charge in [-0.2, -0.15) is 0 Å². The highest BCUT2D eigenvalue weighted by Crippen LogP contribution is 2.16. The molecule has 1 aliphatic rings. The molecule has 0 spiro atoms. The van der Waals surface area contributed by atoms with Crippen molar-refractivity contribution in [2.45, 2.75) is 6.42 Å². The van der Waals surface area contributed by atoms with Gasteiger partial charge in [-0.15, -0.1) is 0 Å². The van der Waals surface area contributed by atoms with E-state index in [-0.39, 0.29) is 5.91 Å². The molecule has 2 heterocycles. The lowest BCUT2D eigenvalue weighted by Crippen LogP contribution is -2.34. The fourth-order valence-corrected chi connectivity index (χ4v) is 1.98. The zero-order valence-corrected chi connectivity index (χ0v) is 10.6. The molecule has 0 saturated carbocycles. The van der Waals surface area contributed by atoms with E-state index in [0.717, 1.165) is 29.9 Å². The first-order chi connectivity index (χ1) is 7.66. The number of rotatable bonds is 1. The van der Waals surface area contributed by atoms with E-state index < -0.39 is 0 Å². The van der Waals surface area contributed by atoms with Crippen molar-refractivity contribution in [3.63, 3.8) is 0 Å². The molecule has 16 heavy (non-hydrogen) atoms. The van der Waals surface area contributed by atoms with E-state index in [1.807, 2.05) is 18.0 Å². The number of nitrogens with zero attached hydrogens (tertiary/aromatic N) is 4. The molecule has 1 amide bonds. The summed E-state index contributed by atoms with van der Waals surface area (Å²) in [6.07, 6.45) is 2.46. The van der Waals surface area contributed by atoms with Crippen LogP contribution >= 0.6 is 15.9 Å². The average Bonchev–Trinajstić information content (AvgIpc) is 2.42. The van der Waals surface area contributed by atoms with Crippen LogP contribution in [0.1, 0.15) is 6.42 Å². The van der Waals surface area contributed by atoms with Gasteiger partial charge >= 0.3 is 0 Å². The maximum Gasteiger partial charge on any atom is 0.241 e. The standard InChI is InChI=1S/C10H13BrN4O/c1-14-3-2-4-15(6-10(14)16)9-5-8(11)12-7-13-9/h5,7H,2-4,6H2,1H3. The summed E-state index contributed by atoms with van der Waals surface area (Å²) in [4.78, 5) is 23.6. The Kier molecular flexibility index (Phi) is 3.38. The molecule has 0 unspecified atom stereocenters. The average molecular weight is 285 g/mol. The van der Waals surface area contributed by atoms with Gasteiger partial charge in [0, 0.05) is 26.2 Å².